The van der Waals surface area contributed by atoms with Gasteiger partial charge in [0.25, 0.3) is 0 Å². The van der Waals surface area contributed by atoms with Crippen molar-refractivity contribution >= 4 is 13.8 Å². The number of unbranched alkanes of at least 4 members (excludes halogenated alkanes) is 22. The van der Waals surface area contributed by atoms with Gasteiger partial charge in [0, 0.05) is 13.0 Å². The Labute approximate surface area is 363 Å². The highest BCUT2D eigenvalue weighted by Crippen LogP contribution is 2.47. The van der Waals surface area contributed by atoms with Crippen LogP contribution in [0.5, 0.6) is 0 Å². The maximum absolute atomic E-state index is 12.8. The van der Waals surface area contributed by atoms with Gasteiger partial charge in [0.1, 0.15) is 42.7 Å². The van der Waals surface area contributed by atoms with Gasteiger partial charge in [-0.15, -0.1) is 0 Å². The quantitative estimate of drug-likeness (QED) is 0.0148. The van der Waals surface area contributed by atoms with E-state index in [4.69, 9.17) is 18.5 Å². The van der Waals surface area contributed by atoms with Crippen molar-refractivity contribution in [3.8, 4) is 0 Å². The number of aliphatic hydroxyl groups excluding tert-OH is 5. The van der Waals surface area contributed by atoms with Gasteiger partial charge in [-0.25, -0.2) is 4.57 Å². The summed E-state index contributed by atoms with van der Waals surface area (Å²) in [6.45, 7) is 4.20. The Balaban J connectivity index is 2.40. The molecule has 0 spiro atoms. The van der Waals surface area contributed by atoms with Crippen LogP contribution in [0, 0.1) is 0 Å². The first kappa shape index (κ1) is 56.6. The van der Waals surface area contributed by atoms with Gasteiger partial charge in [0.15, 0.2) is 0 Å². The largest absolute Gasteiger partial charge is 0.472 e. The fourth-order valence-corrected chi connectivity index (χ4v) is 8.16. The standard InChI is InChI=1S/C47H87O12P/c1-3-5-7-9-11-13-15-17-19-20-21-23-25-27-29-31-33-35-37-56-38-40(39-57-60(54,55)59-47-45(52)43(50)42(49)44(51)46(47)53)58-41(48)36-34-32-30-28-26-24-22-18-16-14-12-10-8-6-4-2/h12,14,18,22,26,28,40,42-47,49-53H,3-11,13,15-17,19-21,23-25,27,29-39H2,1-2H3,(H,54,55)/b14-12-,22-18-,28-26-/t40-,42?,43-,44?,45?,46?,47?/m1/s1. The van der Waals surface area contributed by atoms with Crippen molar-refractivity contribution in [1.29, 1.82) is 0 Å². The Hall–Kier alpha value is -1.44. The summed E-state index contributed by atoms with van der Waals surface area (Å²) < 4.78 is 34.2. The number of carbonyl (C=O) groups excluding carboxylic acids is 1. The van der Waals surface area contributed by atoms with E-state index in [-0.39, 0.29) is 13.0 Å². The van der Waals surface area contributed by atoms with Crippen molar-refractivity contribution in [2.75, 3.05) is 19.8 Å². The molecule has 0 aromatic rings. The van der Waals surface area contributed by atoms with Crippen molar-refractivity contribution in [2.45, 2.75) is 236 Å². The number of rotatable bonds is 40. The van der Waals surface area contributed by atoms with E-state index in [2.05, 4.69) is 50.3 Å². The monoisotopic (exact) mass is 875 g/mol. The number of carbonyl (C=O) groups is 1. The first-order valence-electron chi connectivity index (χ1n) is 23.8. The van der Waals surface area contributed by atoms with E-state index in [1.165, 1.54) is 116 Å². The minimum absolute atomic E-state index is 0.0894. The van der Waals surface area contributed by atoms with E-state index < -0.39 is 63.1 Å². The molecule has 13 heteroatoms. The molecule has 352 valence electrons. The lowest BCUT2D eigenvalue weighted by Crippen LogP contribution is -2.64. The minimum atomic E-state index is -5.03. The molecule has 0 bridgehead atoms. The summed E-state index contributed by atoms with van der Waals surface area (Å²) in [4.78, 5) is 23.1. The number of aliphatic hydroxyl groups is 5. The van der Waals surface area contributed by atoms with Gasteiger partial charge < -0.3 is 39.9 Å². The van der Waals surface area contributed by atoms with Gasteiger partial charge in [-0.05, 0) is 51.4 Å². The van der Waals surface area contributed by atoms with Gasteiger partial charge >= 0.3 is 13.8 Å². The first-order valence-corrected chi connectivity index (χ1v) is 25.3. The number of esters is 1. The van der Waals surface area contributed by atoms with Crippen LogP contribution in [0.3, 0.4) is 0 Å². The molecule has 1 aliphatic rings. The molecule has 6 N–H and O–H groups in total. The summed E-state index contributed by atoms with van der Waals surface area (Å²) in [5, 5.41) is 50.2. The maximum Gasteiger partial charge on any atom is 0.472 e. The summed E-state index contributed by atoms with van der Waals surface area (Å²) >= 11 is 0. The zero-order chi connectivity index (χ0) is 44.1. The second-order valence-corrected chi connectivity index (χ2v) is 18.0. The van der Waals surface area contributed by atoms with Crippen molar-refractivity contribution in [3.05, 3.63) is 36.5 Å². The lowest BCUT2D eigenvalue weighted by atomic mass is 9.85. The van der Waals surface area contributed by atoms with E-state index in [9.17, 15) is 39.8 Å². The number of hydrogen-bond donors (Lipinski definition) is 6. The normalized spacial score (nSPS) is 22.6. The zero-order valence-corrected chi connectivity index (χ0v) is 38.4. The third-order valence-corrected chi connectivity index (χ3v) is 12.0. The third kappa shape index (κ3) is 29.8. The van der Waals surface area contributed by atoms with E-state index in [0.29, 0.717) is 13.0 Å². The molecule has 1 rings (SSSR count). The summed E-state index contributed by atoms with van der Waals surface area (Å²) in [6.07, 6.45) is 32.2. The Morgan fingerprint density at radius 3 is 1.42 bits per heavy atom. The summed E-state index contributed by atoms with van der Waals surface area (Å²) in [6, 6.07) is 0. The molecule has 1 fully saturated rings. The number of phosphoric acid groups is 1. The number of ether oxygens (including phenoxy) is 2. The van der Waals surface area contributed by atoms with Gasteiger partial charge in [0.05, 0.1) is 13.2 Å². The van der Waals surface area contributed by atoms with Crippen LogP contribution >= 0.6 is 7.82 Å². The van der Waals surface area contributed by atoms with Crippen LogP contribution in [-0.2, 0) is 27.9 Å². The molecular weight excluding hydrogens is 787 g/mol. The second kappa shape index (κ2) is 38.1. The van der Waals surface area contributed by atoms with Crippen molar-refractivity contribution < 1.29 is 58.3 Å². The minimum Gasteiger partial charge on any atom is -0.457 e. The van der Waals surface area contributed by atoms with Crippen LogP contribution in [-0.4, -0.2) is 98.9 Å². The molecule has 0 saturated heterocycles. The maximum atomic E-state index is 12.8. The highest BCUT2D eigenvalue weighted by Gasteiger charge is 2.51. The Kier molecular flexibility index (Phi) is 35.9. The molecule has 0 aromatic heterocycles. The van der Waals surface area contributed by atoms with E-state index in [0.717, 1.165) is 51.4 Å². The molecule has 0 radical (unpaired) electrons. The van der Waals surface area contributed by atoms with Crippen molar-refractivity contribution in [2.24, 2.45) is 0 Å². The molecule has 60 heavy (non-hydrogen) atoms. The van der Waals surface area contributed by atoms with Crippen molar-refractivity contribution in [3.63, 3.8) is 0 Å². The van der Waals surface area contributed by atoms with E-state index >= 15 is 0 Å². The lowest BCUT2D eigenvalue weighted by molar-refractivity contribution is -0.220. The van der Waals surface area contributed by atoms with Crippen LogP contribution < -0.4 is 0 Å². The SMILES string of the molecule is CCCCC/C=C\C/C=C\C/C=C\CCCCC(=O)O[C@H](COCCCCCCCCCCCCCCCCCCCC)COP(=O)(O)OC1C(O)C(O)C(O)[C@@H](O)C1O. The highest BCUT2D eigenvalue weighted by molar-refractivity contribution is 7.47. The Bertz CT molecular complexity index is 1130. The molecule has 6 unspecified atom stereocenters. The number of phosphoric ester groups is 1. The first-order chi connectivity index (χ1) is 29.0. The average Bonchev–Trinajstić information content (AvgIpc) is 3.23. The summed E-state index contributed by atoms with van der Waals surface area (Å²) in [5.41, 5.74) is 0. The second-order valence-electron chi connectivity index (χ2n) is 16.6. The highest BCUT2D eigenvalue weighted by atomic mass is 31.2. The van der Waals surface area contributed by atoms with E-state index in [1.54, 1.807) is 0 Å². The van der Waals surface area contributed by atoms with Crippen LogP contribution in [0.4, 0.5) is 0 Å². The van der Waals surface area contributed by atoms with Gasteiger partial charge in [0.2, 0.25) is 0 Å². The molecule has 8 atom stereocenters. The molecule has 0 amide bonds. The number of allylic oxidation sites excluding steroid dienone is 6. The van der Waals surface area contributed by atoms with Crippen LogP contribution in [0.15, 0.2) is 36.5 Å². The Morgan fingerprint density at radius 2 is 0.933 bits per heavy atom. The van der Waals surface area contributed by atoms with Gasteiger partial charge in [-0.3, -0.25) is 13.8 Å². The third-order valence-electron chi connectivity index (χ3n) is 11.0. The molecule has 1 saturated carbocycles. The summed E-state index contributed by atoms with van der Waals surface area (Å²) in [5.74, 6) is -0.512. The molecular formula is C47H87O12P. The smallest absolute Gasteiger partial charge is 0.457 e. The molecule has 0 aliphatic heterocycles. The number of hydrogen-bond acceptors (Lipinski definition) is 11. The fraction of sp³-hybridized carbons (Fsp3) is 0.851. The topological polar surface area (TPSA) is 192 Å². The lowest BCUT2D eigenvalue weighted by Gasteiger charge is -2.41. The fourth-order valence-electron chi connectivity index (χ4n) is 7.19. The van der Waals surface area contributed by atoms with E-state index in [1.807, 2.05) is 0 Å². The van der Waals surface area contributed by atoms with Gasteiger partial charge in [-0.1, -0.05) is 172 Å². The average molecular weight is 875 g/mol. The van der Waals surface area contributed by atoms with Crippen molar-refractivity contribution in [1.82, 2.24) is 0 Å². The Morgan fingerprint density at radius 1 is 0.533 bits per heavy atom. The van der Waals surface area contributed by atoms with Crippen LogP contribution in [0.2, 0.25) is 0 Å². The molecule has 12 nitrogen and oxygen atoms in total. The molecule has 1 aliphatic carbocycles. The van der Waals surface area contributed by atoms with Crippen LogP contribution in [0.1, 0.15) is 194 Å². The van der Waals surface area contributed by atoms with Crippen LogP contribution in [0.25, 0.3) is 0 Å². The van der Waals surface area contributed by atoms with Gasteiger partial charge in [-0.2, -0.15) is 0 Å². The predicted octanol–water partition coefficient (Wildman–Crippen LogP) is 9.87. The zero-order valence-electron chi connectivity index (χ0n) is 37.5. The molecule has 0 heterocycles. The summed E-state index contributed by atoms with van der Waals surface area (Å²) in [7, 11) is -5.03. The molecule has 0 aromatic carbocycles. The predicted molar refractivity (Wildman–Crippen MR) is 239 cm³/mol.